The van der Waals surface area contributed by atoms with Gasteiger partial charge in [0.25, 0.3) is 0 Å². The fraction of sp³-hybridized carbons (Fsp3) is 0.435. The first-order chi connectivity index (χ1) is 14.3. The van der Waals surface area contributed by atoms with Gasteiger partial charge in [-0.15, -0.1) is 10.2 Å². The number of rotatable bonds is 4. The summed E-state index contributed by atoms with van der Waals surface area (Å²) in [5.74, 6) is 1.04. The third-order valence-corrected chi connectivity index (χ3v) is 6.82. The van der Waals surface area contributed by atoms with Crippen LogP contribution in [0.1, 0.15) is 39.5 Å². The lowest BCUT2D eigenvalue weighted by Crippen LogP contribution is -2.58. The molecule has 0 spiro atoms. The number of benzene rings is 1. The number of fused-ring (bicyclic) bond motifs is 2. The molecule has 2 fully saturated rings. The second kappa shape index (κ2) is 6.80. The molecule has 1 unspecified atom stereocenters. The van der Waals surface area contributed by atoms with Crippen LogP contribution < -0.4 is 10.2 Å². The van der Waals surface area contributed by atoms with Gasteiger partial charge in [-0.2, -0.15) is 0 Å². The Morgan fingerprint density at radius 1 is 1.10 bits per heavy atom. The average Bonchev–Trinajstić information content (AvgIpc) is 3.33. The van der Waals surface area contributed by atoms with Gasteiger partial charge in [-0.05, 0) is 63.8 Å². The number of hydrogen-bond acceptors (Lipinski definition) is 6. The van der Waals surface area contributed by atoms with Crippen LogP contribution in [0.4, 0.5) is 5.82 Å². The van der Waals surface area contributed by atoms with Gasteiger partial charge >= 0.3 is 0 Å². The van der Waals surface area contributed by atoms with Crippen LogP contribution in [0.25, 0.3) is 16.9 Å². The van der Waals surface area contributed by atoms with Crippen LogP contribution in [0.3, 0.4) is 0 Å². The van der Waals surface area contributed by atoms with Gasteiger partial charge in [-0.3, -0.25) is 0 Å². The lowest BCUT2D eigenvalue weighted by atomic mass is 9.84. The quantitative estimate of drug-likeness (QED) is 0.693. The fourth-order valence-electron chi connectivity index (χ4n) is 5.25. The van der Waals surface area contributed by atoms with Crippen molar-refractivity contribution in [1.82, 2.24) is 25.1 Å². The SMILES string of the molecule is CN(c1ccc(-c2ccc(-n3ccnc3)cc2O)nn1)C1C[C@]2(C)CC[C@](C)(C1)N2. The first-order valence-electron chi connectivity index (χ1n) is 10.5. The molecule has 3 atom stereocenters. The summed E-state index contributed by atoms with van der Waals surface area (Å²) in [7, 11) is 2.11. The minimum Gasteiger partial charge on any atom is -0.507 e. The van der Waals surface area contributed by atoms with Gasteiger partial charge in [-0.1, -0.05) is 0 Å². The van der Waals surface area contributed by atoms with E-state index < -0.39 is 0 Å². The number of nitrogens with zero attached hydrogens (tertiary/aromatic N) is 5. The predicted octanol–water partition coefficient (Wildman–Crippen LogP) is 3.53. The fourth-order valence-corrected chi connectivity index (χ4v) is 5.25. The first kappa shape index (κ1) is 19.1. The van der Waals surface area contributed by atoms with Crippen LogP contribution in [-0.2, 0) is 0 Å². The number of piperidine rings is 1. The van der Waals surface area contributed by atoms with E-state index >= 15 is 0 Å². The smallest absolute Gasteiger partial charge is 0.151 e. The topological polar surface area (TPSA) is 79.1 Å². The van der Waals surface area contributed by atoms with Crippen molar-refractivity contribution in [2.24, 2.45) is 0 Å². The molecule has 156 valence electrons. The Labute approximate surface area is 176 Å². The summed E-state index contributed by atoms with van der Waals surface area (Å²) in [6.45, 7) is 4.67. The minimum absolute atomic E-state index is 0.174. The van der Waals surface area contributed by atoms with Crippen molar-refractivity contribution in [2.75, 3.05) is 11.9 Å². The third kappa shape index (κ3) is 3.33. The highest BCUT2D eigenvalue weighted by molar-refractivity contribution is 5.69. The number of anilines is 1. The van der Waals surface area contributed by atoms with E-state index in [4.69, 9.17) is 0 Å². The molecule has 2 saturated heterocycles. The van der Waals surface area contributed by atoms with Crippen molar-refractivity contribution in [3.8, 4) is 22.7 Å². The number of phenolic OH excluding ortho intramolecular Hbond substituents is 1. The van der Waals surface area contributed by atoms with Crippen LogP contribution in [0.15, 0.2) is 49.1 Å². The lowest BCUT2D eigenvalue weighted by molar-refractivity contribution is 0.207. The van der Waals surface area contributed by atoms with Crippen molar-refractivity contribution in [2.45, 2.75) is 56.7 Å². The van der Waals surface area contributed by atoms with Crippen LogP contribution in [0.5, 0.6) is 5.75 Å². The van der Waals surface area contributed by atoms with Gasteiger partial charge in [-0.25, -0.2) is 4.98 Å². The maximum Gasteiger partial charge on any atom is 0.151 e. The highest BCUT2D eigenvalue weighted by Crippen LogP contribution is 2.43. The van der Waals surface area contributed by atoms with Crippen molar-refractivity contribution >= 4 is 5.82 Å². The average molecular weight is 405 g/mol. The van der Waals surface area contributed by atoms with E-state index in [-0.39, 0.29) is 16.8 Å². The Kier molecular flexibility index (Phi) is 4.32. The Morgan fingerprint density at radius 2 is 1.87 bits per heavy atom. The molecule has 1 aromatic carbocycles. The molecule has 2 aliphatic heterocycles. The van der Waals surface area contributed by atoms with E-state index in [9.17, 15) is 5.11 Å². The molecule has 7 heteroatoms. The molecule has 0 saturated carbocycles. The van der Waals surface area contributed by atoms with Crippen molar-refractivity contribution < 1.29 is 5.11 Å². The predicted molar refractivity (Wildman–Crippen MR) is 117 cm³/mol. The van der Waals surface area contributed by atoms with Crippen LogP contribution >= 0.6 is 0 Å². The molecule has 5 rings (SSSR count). The molecule has 7 nitrogen and oxygen atoms in total. The number of phenols is 1. The zero-order chi connectivity index (χ0) is 20.9. The number of imidazole rings is 1. The summed E-state index contributed by atoms with van der Waals surface area (Å²) in [5, 5.41) is 23.3. The molecule has 3 aromatic rings. The van der Waals surface area contributed by atoms with E-state index in [1.165, 1.54) is 12.8 Å². The van der Waals surface area contributed by atoms with Gasteiger partial charge in [0.1, 0.15) is 5.75 Å². The maximum absolute atomic E-state index is 10.5. The number of hydrogen-bond donors (Lipinski definition) is 2. The van der Waals surface area contributed by atoms with E-state index in [1.807, 2.05) is 35.0 Å². The number of nitrogens with one attached hydrogen (secondary N) is 1. The largest absolute Gasteiger partial charge is 0.507 e. The number of aromatic nitrogens is 4. The van der Waals surface area contributed by atoms with Gasteiger partial charge in [0.2, 0.25) is 0 Å². The molecule has 2 N–H and O–H groups in total. The normalized spacial score (nSPS) is 27.9. The monoisotopic (exact) mass is 404 g/mol. The number of aromatic hydroxyl groups is 1. The van der Waals surface area contributed by atoms with E-state index in [2.05, 4.69) is 46.3 Å². The molecule has 0 aliphatic carbocycles. The molecular formula is C23H28N6O. The summed E-state index contributed by atoms with van der Waals surface area (Å²) >= 11 is 0. The molecule has 30 heavy (non-hydrogen) atoms. The summed E-state index contributed by atoms with van der Waals surface area (Å²) in [4.78, 5) is 6.31. The Bertz CT molecular complexity index is 1030. The standard InChI is InChI=1S/C23H28N6O/c1-22-8-9-23(2,27-22)14-17(13-22)28(3)21-7-6-19(25-26-21)18-5-4-16(12-20(18)30)29-11-10-24-15-29/h4-7,10-12,15,17,27,30H,8-9,13-14H2,1-3H3/t17?,22-,23+. The van der Waals surface area contributed by atoms with Gasteiger partial charge in [0.05, 0.1) is 17.7 Å². The highest BCUT2D eigenvalue weighted by Gasteiger charge is 2.49. The summed E-state index contributed by atoms with van der Waals surface area (Å²) in [6.07, 6.45) is 9.93. The van der Waals surface area contributed by atoms with Crippen molar-refractivity contribution in [1.29, 1.82) is 0 Å². The zero-order valence-electron chi connectivity index (χ0n) is 17.7. The molecule has 0 radical (unpaired) electrons. The Balaban J connectivity index is 1.36. The molecule has 2 aromatic heterocycles. The summed E-state index contributed by atoms with van der Waals surface area (Å²) in [6, 6.07) is 9.89. The maximum atomic E-state index is 10.5. The van der Waals surface area contributed by atoms with Gasteiger partial charge < -0.3 is 19.9 Å². The van der Waals surface area contributed by atoms with Crippen LogP contribution in [-0.4, -0.2) is 49.0 Å². The van der Waals surface area contributed by atoms with Crippen molar-refractivity contribution in [3.63, 3.8) is 0 Å². The molecule has 2 bridgehead atoms. The van der Waals surface area contributed by atoms with Gasteiger partial charge in [0.15, 0.2) is 5.82 Å². The van der Waals surface area contributed by atoms with E-state index in [0.717, 1.165) is 24.3 Å². The molecule has 0 amide bonds. The second-order valence-electron chi connectivity index (χ2n) is 9.37. The first-order valence-corrected chi connectivity index (χ1v) is 10.5. The highest BCUT2D eigenvalue weighted by atomic mass is 16.3. The second-order valence-corrected chi connectivity index (χ2v) is 9.37. The third-order valence-electron chi connectivity index (χ3n) is 6.82. The summed E-state index contributed by atoms with van der Waals surface area (Å²) in [5.41, 5.74) is 2.59. The van der Waals surface area contributed by atoms with Crippen molar-refractivity contribution in [3.05, 3.63) is 49.1 Å². The summed E-state index contributed by atoms with van der Waals surface area (Å²) < 4.78 is 1.85. The lowest BCUT2D eigenvalue weighted by Gasteiger charge is -2.45. The van der Waals surface area contributed by atoms with Gasteiger partial charge in [0, 0.05) is 48.2 Å². The Hall–Kier alpha value is -2.93. The molecule has 2 aliphatic rings. The van der Waals surface area contributed by atoms with E-state index in [0.29, 0.717) is 17.3 Å². The zero-order valence-corrected chi connectivity index (χ0v) is 17.7. The van der Waals surface area contributed by atoms with Crippen LogP contribution in [0.2, 0.25) is 0 Å². The molecule has 4 heterocycles. The Morgan fingerprint density at radius 3 is 2.47 bits per heavy atom. The van der Waals surface area contributed by atoms with E-state index in [1.54, 1.807) is 18.6 Å². The minimum atomic E-state index is 0.174. The molecular weight excluding hydrogens is 376 g/mol. The van der Waals surface area contributed by atoms with Crippen LogP contribution in [0, 0.1) is 0 Å².